The number of fused-ring (bicyclic) bond motifs is 1. The summed E-state index contributed by atoms with van der Waals surface area (Å²) in [6.07, 6.45) is -0.925. The molecule has 1 atom stereocenters. The summed E-state index contributed by atoms with van der Waals surface area (Å²) >= 11 is 6.31. The molecule has 4 saturated heterocycles. The first kappa shape index (κ1) is 48.8. The lowest BCUT2D eigenvalue weighted by Gasteiger charge is -2.49. The highest BCUT2D eigenvalue weighted by Crippen LogP contribution is 2.36. The molecule has 4 aromatic rings. The molecule has 3 aromatic carbocycles. The number of nitrogens with zero attached hydrogens (tertiary/aromatic N) is 8. The van der Waals surface area contributed by atoms with E-state index in [-0.39, 0.29) is 24.2 Å². The number of carbonyl (C=O) groups excluding carboxylic acids is 4. The Morgan fingerprint density at radius 1 is 0.870 bits per heavy atom. The summed E-state index contributed by atoms with van der Waals surface area (Å²) in [6.45, 7) is 13.2. The lowest BCUT2D eigenvalue weighted by atomic mass is 9.78. The molecule has 0 radical (unpaired) electrons. The third-order valence-corrected chi connectivity index (χ3v) is 13.8. The average molecular weight is 970 g/mol. The average Bonchev–Trinajstić information content (AvgIpc) is 3.57. The van der Waals surface area contributed by atoms with Crippen molar-refractivity contribution >= 4 is 52.8 Å². The number of alkyl halides is 3. The number of carbonyl (C=O) groups is 5. The maximum atomic E-state index is 13.3. The maximum Gasteiger partial charge on any atom is 0.490 e. The van der Waals surface area contributed by atoms with Crippen LogP contribution >= 0.6 is 11.6 Å². The molecule has 1 aromatic heterocycles. The number of benzene rings is 3. The molecule has 4 amide bonds. The van der Waals surface area contributed by atoms with Gasteiger partial charge in [0.05, 0.1) is 28.5 Å². The van der Waals surface area contributed by atoms with Crippen molar-refractivity contribution in [3.05, 3.63) is 111 Å². The Hall–Kier alpha value is -6.62. The van der Waals surface area contributed by atoms with Crippen LogP contribution in [0.1, 0.15) is 82.6 Å². The van der Waals surface area contributed by atoms with E-state index in [1.165, 1.54) is 0 Å². The number of aliphatic carboxylic acids is 1. The van der Waals surface area contributed by atoms with E-state index in [2.05, 4.69) is 61.9 Å². The van der Waals surface area contributed by atoms with Gasteiger partial charge >= 0.3 is 12.1 Å². The summed E-state index contributed by atoms with van der Waals surface area (Å²) in [6, 6.07) is 22.6. The molecule has 1 unspecified atom stereocenters. The number of nitrogens with one attached hydrogen (secondary N) is 1. The van der Waals surface area contributed by atoms with Crippen molar-refractivity contribution in [1.82, 2.24) is 30.0 Å². The number of aromatic nitrogens is 2. The van der Waals surface area contributed by atoms with Crippen LogP contribution in [-0.2, 0) is 26.4 Å². The SMILES string of the molecule is CC(C)(c1ccc(OCc2ccnc(N3CCN(C4CN(CC5CCN(c6ccc7c(c6)C(=O)N(C6CCC(=O)NC6=O)C7=O)CC5)C4)CC3)n2)cc1)c1cc(Cl)cc(C#N)c1.O=C(O)C(F)(F)F. The number of imide groups is 2. The molecule has 2 N–H and O–H groups in total. The summed E-state index contributed by atoms with van der Waals surface area (Å²) in [5, 5.41) is 19.3. The standard InChI is InChI=1S/C47H50ClN9O5.C2HF3O2/c1-47(2,33-21-31(25-49)22-34(48)23-33)32-3-6-38(7-4-32)62-29-35-11-14-50-46(51-35)56-19-17-55(18-20-56)37-27-53(28-37)26-30-12-15-54(16-13-30)36-5-8-39-40(24-36)45(61)57(44(39)60)41-9-10-42(58)52-43(41)59;3-2(4,5)1(6)7/h3-8,11,14,21-24,30,37,41H,9-10,12-13,15-20,26-29H2,1-2H3,(H,52,58,59);(H,6,7). The number of piperidine rings is 2. The van der Waals surface area contributed by atoms with Crippen LogP contribution in [0.2, 0.25) is 5.02 Å². The first-order valence-corrected chi connectivity index (χ1v) is 23.1. The van der Waals surface area contributed by atoms with Crippen molar-refractivity contribution < 1.29 is 47.0 Å². The fraction of sp³-hybridized carbons (Fsp3) is 0.429. The summed E-state index contributed by atoms with van der Waals surface area (Å²) in [5.41, 5.74) is 4.63. The number of hydrogen-bond acceptors (Lipinski definition) is 13. The second-order valence-electron chi connectivity index (χ2n) is 18.4. The van der Waals surface area contributed by atoms with E-state index < -0.39 is 35.9 Å². The maximum absolute atomic E-state index is 13.3. The molecule has 5 aliphatic heterocycles. The Labute approximate surface area is 401 Å². The van der Waals surface area contributed by atoms with Gasteiger partial charge in [0.15, 0.2) is 0 Å². The molecule has 4 fully saturated rings. The lowest BCUT2D eigenvalue weighted by molar-refractivity contribution is -0.192. The molecular weight excluding hydrogens is 919 g/mol. The number of piperazine rings is 1. The van der Waals surface area contributed by atoms with Crippen LogP contribution in [0.4, 0.5) is 24.8 Å². The van der Waals surface area contributed by atoms with E-state index in [4.69, 9.17) is 31.2 Å². The number of ether oxygens (including phenoxy) is 1. The zero-order valence-electron chi connectivity index (χ0n) is 38.0. The molecule has 362 valence electrons. The van der Waals surface area contributed by atoms with Gasteiger partial charge in [-0.3, -0.25) is 39.2 Å². The third kappa shape index (κ3) is 11.0. The molecular formula is C49H51ClF3N9O7. The van der Waals surface area contributed by atoms with Gasteiger partial charge in [-0.2, -0.15) is 18.4 Å². The van der Waals surface area contributed by atoms with Gasteiger partial charge in [0.2, 0.25) is 17.8 Å². The number of hydrogen-bond donors (Lipinski definition) is 2. The van der Waals surface area contributed by atoms with Gasteiger partial charge in [-0.05, 0) is 90.9 Å². The van der Waals surface area contributed by atoms with Crippen LogP contribution in [0.3, 0.4) is 0 Å². The topological polar surface area (TPSA) is 193 Å². The Balaban J connectivity index is 0.000000853. The normalized spacial score (nSPS) is 19.6. The molecule has 0 bridgehead atoms. The quantitative estimate of drug-likeness (QED) is 0.175. The molecule has 5 aliphatic rings. The zero-order chi connectivity index (χ0) is 49.2. The largest absolute Gasteiger partial charge is 0.490 e. The van der Waals surface area contributed by atoms with Crippen LogP contribution in [0, 0.1) is 17.2 Å². The summed E-state index contributed by atoms with van der Waals surface area (Å²) in [4.78, 5) is 79.7. The zero-order valence-corrected chi connectivity index (χ0v) is 38.8. The van der Waals surface area contributed by atoms with Crippen molar-refractivity contribution in [2.75, 3.05) is 68.7 Å². The van der Waals surface area contributed by atoms with Crippen molar-refractivity contribution in [3.63, 3.8) is 0 Å². The minimum atomic E-state index is -5.08. The number of carboxylic acids is 1. The van der Waals surface area contributed by atoms with Crippen molar-refractivity contribution in [1.29, 1.82) is 5.26 Å². The highest BCUT2D eigenvalue weighted by molar-refractivity contribution is 6.30. The first-order chi connectivity index (χ1) is 32.9. The molecule has 0 spiro atoms. The molecule has 20 heteroatoms. The van der Waals surface area contributed by atoms with Crippen LogP contribution in [0.15, 0.2) is 72.9 Å². The van der Waals surface area contributed by atoms with E-state index in [9.17, 15) is 37.6 Å². The monoisotopic (exact) mass is 969 g/mol. The number of likely N-dealkylation sites (tertiary alicyclic amines) is 1. The predicted octanol–water partition coefficient (Wildman–Crippen LogP) is 5.66. The first-order valence-electron chi connectivity index (χ1n) is 22.8. The summed E-state index contributed by atoms with van der Waals surface area (Å²) in [7, 11) is 0. The number of halogens is 4. The predicted molar refractivity (Wildman–Crippen MR) is 247 cm³/mol. The molecule has 0 aliphatic carbocycles. The van der Waals surface area contributed by atoms with Gasteiger partial charge in [-0.15, -0.1) is 0 Å². The van der Waals surface area contributed by atoms with Crippen LogP contribution < -0.4 is 19.9 Å². The Bertz CT molecular complexity index is 2660. The molecule has 9 rings (SSSR count). The number of rotatable bonds is 11. The van der Waals surface area contributed by atoms with Crippen LogP contribution in [0.25, 0.3) is 0 Å². The molecule has 16 nitrogen and oxygen atoms in total. The lowest BCUT2D eigenvalue weighted by Crippen LogP contribution is -2.63. The Morgan fingerprint density at radius 3 is 2.20 bits per heavy atom. The Kier molecular flexibility index (Phi) is 14.3. The van der Waals surface area contributed by atoms with Gasteiger partial charge < -0.3 is 19.6 Å². The van der Waals surface area contributed by atoms with E-state index in [0.717, 1.165) is 111 Å². The van der Waals surface area contributed by atoms with Crippen molar-refractivity contribution in [3.8, 4) is 11.8 Å². The Morgan fingerprint density at radius 2 is 1.55 bits per heavy atom. The van der Waals surface area contributed by atoms with E-state index in [1.807, 2.05) is 42.6 Å². The molecule has 69 heavy (non-hydrogen) atoms. The van der Waals surface area contributed by atoms with E-state index in [1.54, 1.807) is 18.2 Å². The fourth-order valence-corrected chi connectivity index (χ4v) is 9.76. The fourth-order valence-electron chi connectivity index (χ4n) is 9.53. The second-order valence-corrected chi connectivity index (χ2v) is 18.9. The van der Waals surface area contributed by atoms with Gasteiger partial charge in [-0.1, -0.05) is 37.6 Å². The van der Waals surface area contributed by atoms with Gasteiger partial charge in [0.25, 0.3) is 11.8 Å². The second kappa shape index (κ2) is 20.2. The molecule has 6 heterocycles. The van der Waals surface area contributed by atoms with Crippen molar-refractivity contribution in [2.24, 2.45) is 5.92 Å². The highest BCUT2D eigenvalue weighted by Gasteiger charge is 2.45. The van der Waals surface area contributed by atoms with Gasteiger partial charge in [0, 0.05) is 93.7 Å². The minimum absolute atomic E-state index is 0.0996. The van der Waals surface area contributed by atoms with Crippen molar-refractivity contribution in [2.45, 2.75) is 69.8 Å². The van der Waals surface area contributed by atoms with E-state index in [0.29, 0.717) is 40.3 Å². The van der Waals surface area contributed by atoms with Crippen LogP contribution in [-0.4, -0.2) is 137 Å². The summed E-state index contributed by atoms with van der Waals surface area (Å²) < 4.78 is 37.9. The summed E-state index contributed by atoms with van der Waals surface area (Å²) in [5.74, 6) is -2.60. The van der Waals surface area contributed by atoms with Gasteiger partial charge in [-0.25, -0.2) is 14.8 Å². The third-order valence-electron chi connectivity index (χ3n) is 13.6. The highest BCUT2D eigenvalue weighted by atomic mass is 35.5. The number of anilines is 2. The number of carboxylic acid groups (broad SMARTS) is 1. The molecule has 0 saturated carbocycles. The number of amides is 4. The smallest absolute Gasteiger partial charge is 0.487 e. The van der Waals surface area contributed by atoms with E-state index >= 15 is 0 Å². The minimum Gasteiger partial charge on any atom is -0.487 e. The van der Waals surface area contributed by atoms with Crippen LogP contribution in [0.5, 0.6) is 5.75 Å². The van der Waals surface area contributed by atoms with Gasteiger partial charge in [0.1, 0.15) is 18.4 Å². The number of nitriles is 1.